The molecule has 0 amide bonds. The van der Waals surface area contributed by atoms with Crippen LogP contribution in [0.25, 0.3) is 10.1 Å². The molecule has 0 N–H and O–H groups in total. The Hall–Kier alpha value is -0.371. The Morgan fingerprint density at radius 1 is 1.50 bits per heavy atom. The summed E-state index contributed by atoms with van der Waals surface area (Å²) in [5.41, 5.74) is 0. The fourth-order valence-electron chi connectivity index (χ4n) is 0.860. The zero-order valence-corrected chi connectivity index (χ0v) is 7.60. The molecular formula is C7H4NSSe. The second-order valence-corrected chi connectivity index (χ2v) is 4.57. The Bertz CT molecular complexity index is 322. The van der Waals surface area contributed by atoms with Crippen LogP contribution in [-0.4, -0.2) is 21.0 Å². The number of pyridine rings is 1. The molecule has 1 nitrogen and oxygen atoms in total. The molecule has 0 aliphatic rings. The van der Waals surface area contributed by atoms with Gasteiger partial charge in [-0.05, 0) is 0 Å². The summed E-state index contributed by atoms with van der Waals surface area (Å²) in [7, 11) is 0. The van der Waals surface area contributed by atoms with Gasteiger partial charge in [0.15, 0.2) is 0 Å². The standard InChI is InChI=1S/C7H4NSSe/c10-7-3-5-1-2-8-4-6(5)9-7/h1-4H. The molecular weight excluding hydrogens is 209 g/mol. The van der Waals surface area contributed by atoms with E-state index in [1.165, 1.54) is 13.9 Å². The molecule has 2 heterocycles. The number of hydrogen-bond acceptors (Lipinski definition) is 2. The van der Waals surface area contributed by atoms with Crippen molar-refractivity contribution in [2.75, 3.05) is 0 Å². The second-order valence-electron chi connectivity index (χ2n) is 1.98. The van der Waals surface area contributed by atoms with Crippen LogP contribution >= 0.6 is 11.3 Å². The molecule has 0 unspecified atom stereocenters. The van der Waals surface area contributed by atoms with E-state index in [0.717, 1.165) is 0 Å². The molecule has 3 heteroatoms. The molecule has 2 aromatic heterocycles. The molecule has 0 saturated carbocycles. The second kappa shape index (κ2) is 2.35. The SMILES string of the molecule is [Se]c1cc2ccncc2s1. The third-order valence-corrected chi connectivity index (χ3v) is 2.95. The number of rotatable bonds is 0. The van der Waals surface area contributed by atoms with Crippen LogP contribution in [-0.2, 0) is 0 Å². The van der Waals surface area contributed by atoms with Gasteiger partial charge in [-0.25, -0.2) is 0 Å². The van der Waals surface area contributed by atoms with Crippen LogP contribution in [0.5, 0.6) is 0 Å². The molecule has 0 saturated heterocycles. The predicted octanol–water partition coefficient (Wildman–Crippen LogP) is 1.09. The van der Waals surface area contributed by atoms with E-state index in [2.05, 4.69) is 27.1 Å². The maximum atomic E-state index is 4.02. The maximum absolute atomic E-state index is 4.02. The summed E-state index contributed by atoms with van der Waals surface area (Å²) in [5.74, 6) is 0. The summed E-state index contributed by atoms with van der Waals surface area (Å²) in [4.78, 5) is 4.02. The van der Waals surface area contributed by atoms with E-state index < -0.39 is 0 Å². The number of fused-ring (bicyclic) bond motifs is 1. The predicted molar refractivity (Wildman–Crippen MR) is 45.0 cm³/mol. The van der Waals surface area contributed by atoms with E-state index in [0.29, 0.717) is 0 Å². The van der Waals surface area contributed by atoms with Gasteiger partial charge in [0, 0.05) is 0 Å². The van der Waals surface area contributed by atoms with Crippen molar-refractivity contribution in [3.05, 3.63) is 24.5 Å². The third kappa shape index (κ3) is 0.966. The molecule has 0 aliphatic carbocycles. The van der Waals surface area contributed by atoms with Crippen LogP contribution < -0.4 is 3.78 Å². The molecule has 0 fully saturated rings. The molecule has 0 atom stereocenters. The van der Waals surface area contributed by atoms with Gasteiger partial charge in [-0.2, -0.15) is 0 Å². The molecule has 2 rings (SSSR count). The number of hydrogen-bond donors (Lipinski definition) is 0. The monoisotopic (exact) mass is 214 g/mol. The Morgan fingerprint density at radius 2 is 2.40 bits per heavy atom. The quantitative estimate of drug-likeness (QED) is 0.597. The topological polar surface area (TPSA) is 12.9 Å². The number of thiophene rings is 1. The van der Waals surface area contributed by atoms with E-state index in [1.807, 2.05) is 18.5 Å². The first-order chi connectivity index (χ1) is 4.86. The Morgan fingerprint density at radius 3 is 3.20 bits per heavy atom. The minimum absolute atomic E-state index is 1.23. The summed E-state index contributed by atoms with van der Waals surface area (Å²) >= 11 is 4.72. The number of nitrogens with zero attached hydrogens (tertiary/aromatic N) is 1. The summed E-state index contributed by atoms with van der Waals surface area (Å²) in [6, 6.07) is 4.15. The first kappa shape index (κ1) is 6.35. The Balaban J connectivity index is 2.88. The first-order valence-electron chi connectivity index (χ1n) is 2.87. The first-order valence-corrected chi connectivity index (χ1v) is 4.54. The van der Waals surface area contributed by atoms with Crippen molar-refractivity contribution in [2.45, 2.75) is 0 Å². The van der Waals surface area contributed by atoms with Gasteiger partial charge in [-0.3, -0.25) is 0 Å². The summed E-state index contributed by atoms with van der Waals surface area (Å²) in [5, 5.41) is 1.27. The Kier molecular flexibility index (Phi) is 1.49. The zero-order chi connectivity index (χ0) is 6.97. The van der Waals surface area contributed by atoms with Crippen LogP contribution in [0.1, 0.15) is 0 Å². The van der Waals surface area contributed by atoms with Crippen molar-refractivity contribution in [1.82, 2.24) is 4.98 Å². The van der Waals surface area contributed by atoms with Gasteiger partial charge < -0.3 is 0 Å². The van der Waals surface area contributed by atoms with Crippen molar-refractivity contribution in [2.24, 2.45) is 0 Å². The van der Waals surface area contributed by atoms with Crippen molar-refractivity contribution in [1.29, 1.82) is 0 Å². The zero-order valence-electron chi connectivity index (χ0n) is 5.07. The van der Waals surface area contributed by atoms with Gasteiger partial charge in [-0.1, -0.05) is 0 Å². The molecule has 0 aromatic carbocycles. The fourth-order valence-corrected chi connectivity index (χ4v) is 2.45. The van der Waals surface area contributed by atoms with Crippen LogP contribution in [0.15, 0.2) is 24.5 Å². The average Bonchev–Trinajstić information content (AvgIpc) is 2.27. The summed E-state index contributed by atoms with van der Waals surface area (Å²) < 4.78 is 2.47. The van der Waals surface area contributed by atoms with E-state index in [1.54, 1.807) is 11.3 Å². The van der Waals surface area contributed by atoms with E-state index in [-0.39, 0.29) is 0 Å². The summed E-state index contributed by atoms with van der Waals surface area (Å²) in [6.45, 7) is 0. The molecule has 0 aliphatic heterocycles. The van der Waals surface area contributed by atoms with Crippen molar-refractivity contribution in [3.8, 4) is 0 Å². The fraction of sp³-hybridized carbons (Fsp3) is 0. The van der Waals surface area contributed by atoms with Gasteiger partial charge in [0.25, 0.3) is 0 Å². The molecule has 1 radical (unpaired) electrons. The Labute approximate surface area is 70.9 Å². The van der Waals surface area contributed by atoms with Crippen LogP contribution in [0.3, 0.4) is 0 Å². The molecule has 2 aromatic rings. The van der Waals surface area contributed by atoms with Gasteiger partial charge >= 0.3 is 70.7 Å². The van der Waals surface area contributed by atoms with E-state index in [4.69, 9.17) is 0 Å². The van der Waals surface area contributed by atoms with Crippen molar-refractivity contribution in [3.63, 3.8) is 0 Å². The van der Waals surface area contributed by atoms with Crippen LogP contribution in [0.2, 0.25) is 0 Å². The minimum atomic E-state index is 1.23. The van der Waals surface area contributed by atoms with Gasteiger partial charge in [-0.15, -0.1) is 0 Å². The van der Waals surface area contributed by atoms with Crippen molar-refractivity contribution < 1.29 is 0 Å². The van der Waals surface area contributed by atoms with E-state index >= 15 is 0 Å². The molecule has 49 valence electrons. The average molecular weight is 213 g/mol. The third-order valence-electron chi connectivity index (χ3n) is 1.30. The molecule has 0 spiro atoms. The molecule has 0 bridgehead atoms. The van der Waals surface area contributed by atoms with Gasteiger partial charge in [0.05, 0.1) is 0 Å². The van der Waals surface area contributed by atoms with Crippen molar-refractivity contribution >= 4 is 41.2 Å². The summed E-state index contributed by atoms with van der Waals surface area (Å²) in [6.07, 6.45) is 3.70. The molecule has 10 heavy (non-hydrogen) atoms. The van der Waals surface area contributed by atoms with Gasteiger partial charge in [0.2, 0.25) is 0 Å². The van der Waals surface area contributed by atoms with Gasteiger partial charge in [0.1, 0.15) is 0 Å². The van der Waals surface area contributed by atoms with Crippen LogP contribution in [0, 0.1) is 0 Å². The van der Waals surface area contributed by atoms with E-state index in [9.17, 15) is 0 Å². The number of aromatic nitrogens is 1. The van der Waals surface area contributed by atoms with Crippen LogP contribution in [0.4, 0.5) is 0 Å². The normalized spacial score (nSPS) is 10.4.